The molecule has 1 aromatic heterocycles. The molecule has 2 heterocycles. The maximum absolute atomic E-state index is 14.2. The zero-order valence-corrected chi connectivity index (χ0v) is 10.9. The first-order valence-electron chi connectivity index (χ1n) is 6.21. The summed E-state index contributed by atoms with van der Waals surface area (Å²) in [6.07, 6.45) is -4.38. The second-order valence-corrected chi connectivity index (χ2v) is 4.52. The Labute approximate surface area is 117 Å². The number of aromatic nitrogens is 2. The predicted octanol–water partition coefficient (Wildman–Crippen LogP) is -2.57. The van der Waals surface area contributed by atoms with Gasteiger partial charge in [0.25, 0.3) is 5.56 Å². The van der Waals surface area contributed by atoms with Gasteiger partial charge in [-0.15, -0.1) is 0 Å². The highest BCUT2D eigenvalue weighted by molar-refractivity contribution is 4.97. The molecule has 0 bridgehead atoms. The normalized spacial score (nSPS) is 32.5. The van der Waals surface area contributed by atoms with Crippen molar-refractivity contribution in [2.75, 3.05) is 19.8 Å². The standard InChI is InChI=1S/C11H16FN3O6/c12-7-8(18)11(5-16,20-4-2-13)21-9(7)15-3-1-6(17)14-10(15)19/h1,3,7-9,16,18H,2,4-5,13H2,(H,14,17,19)/t7-,8+,9?,11-/m1/s1. The van der Waals surface area contributed by atoms with Crippen molar-refractivity contribution in [1.82, 2.24) is 9.55 Å². The summed E-state index contributed by atoms with van der Waals surface area (Å²) < 4.78 is 25.3. The minimum absolute atomic E-state index is 0.0675. The van der Waals surface area contributed by atoms with Gasteiger partial charge in [0.05, 0.1) is 6.61 Å². The molecule has 21 heavy (non-hydrogen) atoms. The smallest absolute Gasteiger partial charge is 0.330 e. The van der Waals surface area contributed by atoms with Gasteiger partial charge < -0.3 is 25.4 Å². The Morgan fingerprint density at radius 1 is 1.57 bits per heavy atom. The zero-order valence-electron chi connectivity index (χ0n) is 10.9. The van der Waals surface area contributed by atoms with Gasteiger partial charge in [-0.1, -0.05) is 0 Å². The van der Waals surface area contributed by atoms with Gasteiger partial charge in [0.2, 0.25) is 5.79 Å². The molecule has 0 amide bonds. The monoisotopic (exact) mass is 305 g/mol. The van der Waals surface area contributed by atoms with E-state index in [4.69, 9.17) is 15.2 Å². The number of hydrogen-bond donors (Lipinski definition) is 4. The molecule has 0 spiro atoms. The first kappa shape index (κ1) is 15.8. The van der Waals surface area contributed by atoms with Crippen LogP contribution in [0, 0.1) is 0 Å². The fraction of sp³-hybridized carbons (Fsp3) is 0.636. The Hall–Kier alpha value is -1.59. The molecule has 2 rings (SSSR count). The van der Waals surface area contributed by atoms with Crippen LogP contribution in [0.15, 0.2) is 21.9 Å². The molecule has 1 aliphatic heterocycles. The Kier molecular flexibility index (Phi) is 4.54. The van der Waals surface area contributed by atoms with Gasteiger partial charge in [-0.25, -0.2) is 9.18 Å². The number of nitrogens with two attached hydrogens (primary N) is 1. The predicted molar refractivity (Wildman–Crippen MR) is 67.2 cm³/mol. The number of nitrogens with one attached hydrogen (secondary N) is 1. The van der Waals surface area contributed by atoms with E-state index in [2.05, 4.69) is 0 Å². The molecule has 0 aliphatic carbocycles. The maximum atomic E-state index is 14.2. The molecule has 1 aliphatic rings. The highest BCUT2D eigenvalue weighted by Gasteiger charge is 2.57. The van der Waals surface area contributed by atoms with Crippen LogP contribution in [-0.2, 0) is 9.47 Å². The van der Waals surface area contributed by atoms with E-state index in [1.54, 1.807) is 0 Å². The molecular weight excluding hydrogens is 289 g/mol. The molecule has 0 aromatic carbocycles. The van der Waals surface area contributed by atoms with E-state index < -0.39 is 42.1 Å². The van der Waals surface area contributed by atoms with E-state index in [-0.39, 0.29) is 13.2 Å². The average Bonchev–Trinajstić information content (AvgIpc) is 2.71. The Bertz CT molecular complexity index is 604. The van der Waals surface area contributed by atoms with Gasteiger partial charge in [0.1, 0.15) is 12.7 Å². The molecule has 4 atom stereocenters. The second-order valence-electron chi connectivity index (χ2n) is 4.52. The van der Waals surface area contributed by atoms with Crippen LogP contribution >= 0.6 is 0 Å². The number of hydrogen-bond acceptors (Lipinski definition) is 7. The second kappa shape index (κ2) is 6.03. The first-order valence-corrected chi connectivity index (χ1v) is 6.21. The highest BCUT2D eigenvalue weighted by atomic mass is 19.1. The molecule has 10 heteroatoms. The number of aliphatic hydroxyl groups excluding tert-OH is 2. The molecule has 1 saturated heterocycles. The third kappa shape index (κ3) is 2.76. The van der Waals surface area contributed by atoms with Crippen LogP contribution in [-0.4, -0.2) is 57.6 Å². The topological polar surface area (TPSA) is 140 Å². The molecule has 1 unspecified atom stereocenters. The summed E-state index contributed by atoms with van der Waals surface area (Å²) in [5.41, 5.74) is 3.69. The highest BCUT2D eigenvalue weighted by Crippen LogP contribution is 2.38. The summed E-state index contributed by atoms with van der Waals surface area (Å²) in [6.45, 7) is -0.848. The van der Waals surface area contributed by atoms with Gasteiger partial charge in [0.15, 0.2) is 12.4 Å². The quantitative estimate of drug-likeness (QED) is 0.468. The summed E-state index contributed by atoms with van der Waals surface area (Å²) in [5.74, 6) is -2.01. The SMILES string of the molecule is NCCO[C@]1(CO)OC(n2ccc(=O)[nH]c2=O)[C@H](F)[C@@H]1O. The van der Waals surface area contributed by atoms with E-state index in [1.807, 2.05) is 4.98 Å². The number of aliphatic hydroxyl groups is 2. The summed E-state index contributed by atoms with van der Waals surface area (Å²) in [4.78, 5) is 24.6. The van der Waals surface area contributed by atoms with Crippen LogP contribution in [0.2, 0.25) is 0 Å². The van der Waals surface area contributed by atoms with Gasteiger partial charge in [0, 0.05) is 18.8 Å². The lowest BCUT2D eigenvalue weighted by atomic mass is 10.1. The first-order chi connectivity index (χ1) is 9.95. The summed E-state index contributed by atoms with van der Waals surface area (Å²) >= 11 is 0. The van der Waals surface area contributed by atoms with Crippen molar-refractivity contribution in [1.29, 1.82) is 0 Å². The van der Waals surface area contributed by atoms with Crippen molar-refractivity contribution < 1.29 is 24.1 Å². The fourth-order valence-corrected chi connectivity index (χ4v) is 2.10. The van der Waals surface area contributed by atoms with Crippen LogP contribution in [0.4, 0.5) is 4.39 Å². The minimum atomic E-state index is -2.04. The largest absolute Gasteiger partial charge is 0.391 e. The van der Waals surface area contributed by atoms with E-state index >= 15 is 0 Å². The van der Waals surface area contributed by atoms with Crippen LogP contribution in [0.5, 0.6) is 0 Å². The average molecular weight is 305 g/mol. The van der Waals surface area contributed by atoms with E-state index in [1.165, 1.54) is 0 Å². The summed E-state index contributed by atoms with van der Waals surface area (Å²) in [5, 5.41) is 19.2. The number of ether oxygens (including phenoxy) is 2. The molecule has 9 nitrogen and oxygen atoms in total. The van der Waals surface area contributed by atoms with Crippen LogP contribution < -0.4 is 17.0 Å². The Morgan fingerprint density at radius 3 is 2.86 bits per heavy atom. The molecule has 1 aromatic rings. The summed E-state index contributed by atoms with van der Waals surface area (Å²) in [6, 6.07) is 1.00. The lowest BCUT2D eigenvalue weighted by Crippen LogP contribution is -2.48. The van der Waals surface area contributed by atoms with Crippen LogP contribution in [0.1, 0.15) is 6.23 Å². The number of rotatable bonds is 5. The van der Waals surface area contributed by atoms with Gasteiger partial charge >= 0.3 is 5.69 Å². The van der Waals surface area contributed by atoms with Crippen molar-refractivity contribution in [3.8, 4) is 0 Å². The summed E-state index contributed by atoms with van der Waals surface area (Å²) in [7, 11) is 0. The van der Waals surface area contributed by atoms with Crippen molar-refractivity contribution in [2.24, 2.45) is 5.73 Å². The maximum Gasteiger partial charge on any atom is 0.330 e. The van der Waals surface area contributed by atoms with Crippen molar-refractivity contribution in [3.05, 3.63) is 33.1 Å². The molecular formula is C11H16FN3O6. The number of aromatic amines is 1. The van der Waals surface area contributed by atoms with Gasteiger partial charge in [-0.05, 0) is 0 Å². The molecule has 0 saturated carbocycles. The van der Waals surface area contributed by atoms with Crippen molar-refractivity contribution in [2.45, 2.75) is 24.3 Å². The Balaban J connectivity index is 2.34. The van der Waals surface area contributed by atoms with E-state index in [0.29, 0.717) is 0 Å². The number of nitrogens with zero attached hydrogens (tertiary/aromatic N) is 1. The number of H-pyrrole nitrogens is 1. The van der Waals surface area contributed by atoms with Gasteiger partial charge in [-0.3, -0.25) is 14.3 Å². The minimum Gasteiger partial charge on any atom is -0.391 e. The van der Waals surface area contributed by atoms with Crippen LogP contribution in [0.25, 0.3) is 0 Å². The lowest BCUT2D eigenvalue weighted by molar-refractivity contribution is -0.280. The molecule has 118 valence electrons. The number of halogens is 1. The van der Waals surface area contributed by atoms with E-state index in [9.17, 15) is 24.2 Å². The molecule has 0 radical (unpaired) electrons. The fourth-order valence-electron chi connectivity index (χ4n) is 2.10. The Morgan fingerprint density at radius 2 is 2.29 bits per heavy atom. The zero-order chi connectivity index (χ0) is 15.6. The lowest BCUT2D eigenvalue weighted by Gasteiger charge is -2.29. The van der Waals surface area contributed by atoms with E-state index in [0.717, 1.165) is 16.8 Å². The third-order valence-electron chi connectivity index (χ3n) is 3.15. The number of alkyl halides is 1. The van der Waals surface area contributed by atoms with Crippen molar-refractivity contribution >= 4 is 0 Å². The molecule has 1 fully saturated rings. The third-order valence-corrected chi connectivity index (χ3v) is 3.15. The molecule has 5 N–H and O–H groups in total. The van der Waals surface area contributed by atoms with Gasteiger partial charge in [-0.2, -0.15) is 0 Å². The van der Waals surface area contributed by atoms with Crippen LogP contribution in [0.3, 0.4) is 0 Å². The van der Waals surface area contributed by atoms with Crippen molar-refractivity contribution in [3.63, 3.8) is 0 Å².